The highest BCUT2D eigenvalue weighted by molar-refractivity contribution is 5.44. The van der Waals surface area contributed by atoms with Crippen molar-refractivity contribution in [3.05, 3.63) is 35.4 Å². The predicted octanol–water partition coefficient (Wildman–Crippen LogP) is 2.44. The summed E-state index contributed by atoms with van der Waals surface area (Å²) >= 11 is 0. The average Bonchev–Trinajstić information content (AvgIpc) is 3.21. The lowest BCUT2D eigenvalue weighted by atomic mass is 10.1. The van der Waals surface area contributed by atoms with E-state index in [0.717, 1.165) is 42.4 Å². The minimum absolute atomic E-state index is 0.298. The molecule has 1 aliphatic heterocycles. The molecule has 6 heteroatoms. The first kappa shape index (κ1) is 15.4. The summed E-state index contributed by atoms with van der Waals surface area (Å²) in [7, 11) is 0. The van der Waals surface area contributed by atoms with Crippen LogP contribution in [0.15, 0.2) is 18.2 Å². The summed E-state index contributed by atoms with van der Waals surface area (Å²) in [6, 6.07) is 6.06. The van der Waals surface area contributed by atoms with Gasteiger partial charge in [-0.2, -0.15) is 5.10 Å². The fraction of sp³-hybridized carbons (Fsp3) is 0.556. The van der Waals surface area contributed by atoms with Crippen LogP contribution in [-0.2, 0) is 19.4 Å². The van der Waals surface area contributed by atoms with Crippen LogP contribution < -0.4 is 9.47 Å². The van der Waals surface area contributed by atoms with E-state index in [1.165, 1.54) is 18.4 Å². The molecule has 2 aromatic rings. The van der Waals surface area contributed by atoms with Crippen molar-refractivity contribution in [1.29, 1.82) is 0 Å². The Morgan fingerprint density at radius 2 is 2.08 bits per heavy atom. The molecule has 24 heavy (non-hydrogen) atoms. The van der Waals surface area contributed by atoms with Crippen molar-refractivity contribution in [3.8, 4) is 11.5 Å². The van der Waals surface area contributed by atoms with Crippen LogP contribution in [0.1, 0.15) is 49.3 Å². The lowest BCUT2D eigenvalue weighted by Crippen LogP contribution is -2.18. The number of aryl methyl sites for hydroxylation is 2. The quantitative estimate of drug-likeness (QED) is 0.845. The van der Waals surface area contributed by atoms with Gasteiger partial charge in [0.2, 0.25) is 6.79 Å². The van der Waals surface area contributed by atoms with E-state index in [0.29, 0.717) is 19.3 Å². The van der Waals surface area contributed by atoms with E-state index in [-0.39, 0.29) is 6.10 Å². The van der Waals surface area contributed by atoms with Gasteiger partial charge in [0.05, 0.1) is 12.6 Å². The number of rotatable bonds is 7. The first-order valence-corrected chi connectivity index (χ1v) is 8.73. The van der Waals surface area contributed by atoms with Crippen LogP contribution in [0.2, 0.25) is 0 Å². The topological polar surface area (TPSA) is 69.4 Å². The maximum absolute atomic E-state index is 9.97. The second-order valence-corrected chi connectivity index (χ2v) is 6.59. The summed E-state index contributed by atoms with van der Waals surface area (Å²) in [5.74, 6) is 4.05. The molecule has 2 heterocycles. The molecule has 0 bridgehead atoms. The van der Waals surface area contributed by atoms with E-state index in [4.69, 9.17) is 14.5 Å². The summed E-state index contributed by atoms with van der Waals surface area (Å²) in [6.45, 7) is 2.80. The smallest absolute Gasteiger partial charge is 0.231 e. The van der Waals surface area contributed by atoms with Crippen LogP contribution in [0.5, 0.6) is 11.5 Å². The minimum Gasteiger partial charge on any atom is -0.454 e. The predicted molar refractivity (Wildman–Crippen MR) is 88.3 cm³/mol. The van der Waals surface area contributed by atoms with Crippen LogP contribution in [0.3, 0.4) is 0 Å². The zero-order chi connectivity index (χ0) is 16.5. The molecule has 6 nitrogen and oxygen atoms in total. The molecule has 0 saturated heterocycles. The van der Waals surface area contributed by atoms with Crippen LogP contribution in [0.4, 0.5) is 0 Å². The highest BCUT2D eigenvalue weighted by Crippen LogP contribution is 2.38. The van der Waals surface area contributed by atoms with E-state index >= 15 is 0 Å². The summed E-state index contributed by atoms with van der Waals surface area (Å²) in [6.07, 6.45) is 4.38. The second-order valence-electron chi connectivity index (χ2n) is 6.59. The molecule has 2 aliphatic rings. The lowest BCUT2D eigenvalue weighted by molar-refractivity contribution is 0.143. The maximum Gasteiger partial charge on any atom is 0.231 e. The molecule has 1 aromatic heterocycles. The minimum atomic E-state index is -0.372. The standard InChI is InChI=1S/C18H23N3O3/c1-2-14(22)10-21-17(19-18(20-21)13-5-6-13)8-4-12-3-7-15-16(9-12)24-11-23-15/h3,7,9,13-14,22H,2,4-6,8,10-11H2,1H3/t14-/m0/s1. The van der Waals surface area contributed by atoms with Gasteiger partial charge in [-0.3, -0.25) is 0 Å². The van der Waals surface area contributed by atoms with Gasteiger partial charge in [-0.25, -0.2) is 9.67 Å². The number of ether oxygens (including phenoxy) is 2. The van der Waals surface area contributed by atoms with Gasteiger partial charge < -0.3 is 14.6 Å². The highest BCUT2D eigenvalue weighted by atomic mass is 16.7. The molecule has 0 unspecified atom stereocenters. The van der Waals surface area contributed by atoms with Gasteiger partial charge >= 0.3 is 0 Å². The maximum atomic E-state index is 9.97. The van der Waals surface area contributed by atoms with E-state index in [1.807, 2.05) is 23.7 Å². The monoisotopic (exact) mass is 329 g/mol. The van der Waals surface area contributed by atoms with Crippen molar-refractivity contribution in [2.45, 2.75) is 57.6 Å². The molecular formula is C18H23N3O3. The van der Waals surface area contributed by atoms with Gasteiger partial charge in [0.1, 0.15) is 5.82 Å². The normalized spacial score (nSPS) is 17.2. The molecule has 1 fully saturated rings. The molecule has 1 aliphatic carbocycles. The van der Waals surface area contributed by atoms with Gasteiger partial charge in [-0.1, -0.05) is 13.0 Å². The van der Waals surface area contributed by atoms with E-state index < -0.39 is 0 Å². The summed E-state index contributed by atoms with van der Waals surface area (Å²) < 4.78 is 12.7. The zero-order valence-corrected chi connectivity index (χ0v) is 13.9. The van der Waals surface area contributed by atoms with E-state index in [9.17, 15) is 5.11 Å². The molecule has 1 aromatic carbocycles. The van der Waals surface area contributed by atoms with Gasteiger partial charge in [-0.15, -0.1) is 0 Å². The van der Waals surface area contributed by atoms with E-state index in [2.05, 4.69) is 11.2 Å². The molecule has 0 spiro atoms. The van der Waals surface area contributed by atoms with Crippen molar-refractivity contribution in [2.24, 2.45) is 0 Å². The molecule has 1 N–H and O–H groups in total. The number of aliphatic hydroxyl groups excluding tert-OH is 1. The number of nitrogens with zero attached hydrogens (tertiary/aromatic N) is 3. The fourth-order valence-electron chi connectivity index (χ4n) is 2.92. The Hall–Kier alpha value is -2.08. The second kappa shape index (κ2) is 6.43. The number of aliphatic hydroxyl groups is 1. The van der Waals surface area contributed by atoms with E-state index in [1.54, 1.807) is 0 Å². The Morgan fingerprint density at radius 1 is 1.25 bits per heavy atom. The summed E-state index contributed by atoms with van der Waals surface area (Å²) in [5.41, 5.74) is 1.19. The van der Waals surface area contributed by atoms with Crippen molar-refractivity contribution in [2.75, 3.05) is 6.79 Å². The molecule has 1 saturated carbocycles. The fourth-order valence-corrected chi connectivity index (χ4v) is 2.92. The molecule has 0 amide bonds. The van der Waals surface area contributed by atoms with Gasteiger partial charge in [-0.05, 0) is 43.4 Å². The van der Waals surface area contributed by atoms with Crippen LogP contribution in [-0.4, -0.2) is 32.8 Å². The number of aromatic nitrogens is 3. The Balaban J connectivity index is 1.48. The lowest BCUT2D eigenvalue weighted by Gasteiger charge is -2.10. The molecule has 4 rings (SSSR count). The van der Waals surface area contributed by atoms with Gasteiger partial charge in [0, 0.05) is 12.3 Å². The number of hydrogen-bond donors (Lipinski definition) is 1. The Bertz CT molecular complexity index is 724. The molecule has 0 radical (unpaired) electrons. The third-order valence-corrected chi connectivity index (χ3v) is 4.64. The average molecular weight is 329 g/mol. The molecular weight excluding hydrogens is 306 g/mol. The Labute approximate surface area is 141 Å². The largest absolute Gasteiger partial charge is 0.454 e. The van der Waals surface area contributed by atoms with Crippen molar-refractivity contribution in [3.63, 3.8) is 0 Å². The first-order valence-electron chi connectivity index (χ1n) is 8.73. The number of benzene rings is 1. The van der Waals surface area contributed by atoms with Crippen molar-refractivity contribution < 1.29 is 14.6 Å². The van der Waals surface area contributed by atoms with Crippen molar-refractivity contribution >= 4 is 0 Å². The highest BCUT2D eigenvalue weighted by Gasteiger charge is 2.29. The summed E-state index contributed by atoms with van der Waals surface area (Å²) in [4.78, 5) is 4.73. The van der Waals surface area contributed by atoms with Crippen LogP contribution in [0, 0.1) is 0 Å². The zero-order valence-electron chi connectivity index (χ0n) is 13.9. The SMILES string of the molecule is CC[C@H](O)Cn1nc(C2CC2)nc1CCc1ccc2c(c1)OCO2. The van der Waals surface area contributed by atoms with Gasteiger partial charge in [0.25, 0.3) is 0 Å². The third-order valence-electron chi connectivity index (χ3n) is 4.64. The molecule has 1 atom stereocenters. The third kappa shape index (κ3) is 3.24. The van der Waals surface area contributed by atoms with Crippen LogP contribution in [0.25, 0.3) is 0 Å². The number of fused-ring (bicyclic) bond motifs is 1. The summed E-state index contributed by atoms with van der Waals surface area (Å²) in [5, 5.41) is 14.6. The molecule has 128 valence electrons. The van der Waals surface area contributed by atoms with Crippen molar-refractivity contribution in [1.82, 2.24) is 14.8 Å². The first-order chi connectivity index (χ1) is 11.7. The Morgan fingerprint density at radius 3 is 2.88 bits per heavy atom. The number of hydrogen-bond acceptors (Lipinski definition) is 5. The van der Waals surface area contributed by atoms with Gasteiger partial charge in [0.15, 0.2) is 17.3 Å². The van der Waals surface area contributed by atoms with Crippen LogP contribution >= 0.6 is 0 Å². The Kier molecular flexibility index (Phi) is 4.14.